The molecule has 2 saturated heterocycles. The fourth-order valence-electron chi connectivity index (χ4n) is 17.3. The Morgan fingerprint density at radius 1 is 0.529 bits per heavy atom. The van der Waals surface area contributed by atoms with Crippen molar-refractivity contribution in [1.29, 1.82) is 10.8 Å². The third kappa shape index (κ3) is 32.9. The molecular formula is C96H137N23O18S. The maximum Gasteiger partial charge on any atom is 0.246 e. The van der Waals surface area contributed by atoms with E-state index in [1.165, 1.54) is 50.4 Å². The number of nitrogens with one attached hydrogen (secondary N) is 14. The van der Waals surface area contributed by atoms with Crippen molar-refractivity contribution in [2.24, 2.45) is 40.7 Å². The summed E-state index contributed by atoms with van der Waals surface area (Å²) in [5, 5.41) is 52.8. The summed E-state index contributed by atoms with van der Waals surface area (Å²) >= 11 is 0.885. The number of ketones is 3. The van der Waals surface area contributed by atoms with Gasteiger partial charge in [-0.1, -0.05) is 127 Å². The number of aliphatic hydroxyl groups excluding tert-OH is 1. The molecule has 138 heavy (non-hydrogen) atoms. The van der Waals surface area contributed by atoms with Gasteiger partial charge in [-0.15, -0.1) is 11.8 Å². The number of likely N-dealkylation sites (N-methyl/N-ethyl adjacent to an activating group) is 3. The Morgan fingerprint density at radius 2 is 1.07 bits per heavy atom. The monoisotopic (exact) mass is 1930 g/mol. The minimum Gasteiger partial charge on any atom is -0.394 e. The second-order valence-corrected chi connectivity index (χ2v) is 37.1. The van der Waals surface area contributed by atoms with Gasteiger partial charge in [0.1, 0.15) is 54.4 Å². The molecule has 0 bridgehead atoms. The van der Waals surface area contributed by atoms with Gasteiger partial charge in [0.2, 0.25) is 82.7 Å². The van der Waals surface area contributed by atoms with Crippen molar-refractivity contribution in [2.75, 3.05) is 52.3 Å². The van der Waals surface area contributed by atoms with E-state index in [1.54, 1.807) is 85.2 Å². The lowest BCUT2D eigenvalue weighted by Crippen LogP contribution is -2.61. The summed E-state index contributed by atoms with van der Waals surface area (Å²) in [5.74, 6) is -18.4. The minimum atomic E-state index is -1.90. The number of guanidine groups is 1. The number of primary amides is 2. The van der Waals surface area contributed by atoms with E-state index < -0.39 is 235 Å². The van der Waals surface area contributed by atoms with Gasteiger partial charge < -0.3 is 110 Å². The Bertz CT molecular complexity index is 5240. The number of aliphatic hydroxyl groups is 1. The van der Waals surface area contributed by atoms with E-state index in [9.17, 15) is 38.7 Å². The second-order valence-electron chi connectivity index (χ2n) is 36.1. The molecule has 0 spiro atoms. The van der Waals surface area contributed by atoms with Gasteiger partial charge in [0.05, 0.1) is 55.0 Å². The molecule has 3 aromatic carbocycles. The predicted molar refractivity (Wildman–Crippen MR) is 518 cm³/mol. The molecule has 5 heterocycles. The number of fused-ring (bicyclic) bond motifs is 3. The largest absolute Gasteiger partial charge is 0.394 e. The first-order chi connectivity index (χ1) is 65.8. The molecule has 0 unspecified atom stereocenters. The van der Waals surface area contributed by atoms with Crippen LogP contribution in [0.5, 0.6) is 0 Å². The van der Waals surface area contributed by atoms with Gasteiger partial charge in [0.25, 0.3) is 0 Å². The Morgan fingerprint density at radius 3 is 1.66 bits per heavy atom. The zero-order valence-electron chi connectivity index (χ0n) is 79.8. The number of amidine groups is 1. The van der Waals surface area contributed by atoms with Crippen molar-refractivity contribution in [3.8, 4) is 0 Å². The number of imidazole rings is 1. The summed E-state index contributed by atoms with van der Waals surface area (Å²) < 4.78 is 0. The van der Waals surface area contributed by atoms with E-state index in [0.29, 0.717) is 69.9 Å². The number of aromatic amines is 3. The first-order valence-corrected chi connectivity index (χ1v) is 48.3. The number of rotatable bonds is 32. The van der Waals surface area contributed by atoms with Gasteiger partial charge in [-0.25, -0.2) is 4.98 Å². The number of thioether (sulfide) groups is 1. The maximum atomic E-state index is 16.0. The van der Waals surface area contributed by atoms with Crippen LogP contribution in [0, 0.1) is 28.6 Å². The Hall–Kier alpha value is -13.4. The molecule has 3 aromatic heterocycles. The number of unbranched alkanes of at least 4 members (excludes halogenated alkanes) is 3. The smallest absolute Gasteiger partial charge is 0.246 e. The molecule has 2 fully saturated rings. The summed E-state index contributed by atoms with van der Waals surface area (Å²) in [6.45, 7) is 7.52. The number of carbonyl (C=O) groups excluding carboxylic acids is 17. The zero-order valence-corrected chi connectivity index (χ0v) is 80.6. The van der Waals surface area contributed by atoms with Gasteiger partial charge in [-0.05, 0) is 99.5 Å². The van der Waals surface area contributed by atoms with Crippen molar-refractivity contribution >= 4 is 145 Å². The van der Waals surface area contributed by atoms with Crippen LogP contribution in [0.2, 0.25) is 0 Å². The lowest BCUT2D eigenvalue weighted by Gasteiger charge is -2.36. The zero-order chi connectivity index (χ0) is 101. The number of amides is 14. The van der Waals surface area contributed by atoms with E-state index in [-0.39, 0.29) is 127 Å². The molecule has 0 saturated carbocycles. The second kappa shape index (κ2) is 54.5. The maximum absolute atomic E-state index is 16.0. The van der Waals surface area contributed by atoms with E-state index in [2.05, 4.69) is 67.8 Å². The number of nitrogens with two attached hydrogens (primary N) is 4. The number of benzene rings is 3. The van der Waals surface area contributed by atoms with Crippen molar-refractivity contribution in [2.45, 2.75) is 261 Å². The van der Waals surface area contributed by atoms with Gasteiger partial charge in [-0.3, -0.25) is 92.3 Å². The standard InChI is InChI=1S/C96H137N23O18S/c1-9-11-32-75-79(122)45-58(40-55(3)4)86(128)115-74(78(121)36-37-82(99)124)52-138-53-84(126)108-70(41-57-24-14-13-15-25-57)92(134)116(6)56(5)85(127)112-72(47-83(100)125)94(136)119-39-23-34-76(119)80(123)46-59(42-62-50-103-54-107-62)87(129)109-67(30-20-21-35-81(97)98)89(131)114-73(51-120)91(133)111-69(43-60-48-105-65-28-18-16-26-63(60)65)90(132)110-68(31-22-38-104-96(101)102)88(130)113-71(44-61-49-106-66-29-19-17-27-64(61)66)93(135)118(8)77(33-12-10-2)95(137)117(75)7/h13-19,24-29,48-50,54-56,58-59,67-77,105-106,120H,9-12,20-23,30-47,51-53H2,1-8H3,(H3,97,98)(H2,99,124)(H2,100,125)(H,103,107)(H,108,126)(H,109,129)(H,110,132)(H,111,133)(H,112,127)(H,113,130)(H,114,131)(H,115,128)(H4,101,102,104)/t56-,58+,59+,67-,68-,69-,70-,71-,72-,73-,74-,75-,76-,77-/m0/s1. The third-order valence-corrected chi connectivity index (χ3v) is 26.1. The SMILES string of the molecule is CCCC[C@H]1C(=O)N(C)[C@@H](CCCC)C(=O)C[C@@H](CC(C)C)C(=O)N[C@H](C(=O)CCC(N)=O)CSCC(=O)N[C@@H](Cc2ccccc2)C(=O)N(C)[C@@H](C)C(=O)N[C@@H](CC(N)=O)C(=O)N2CCC[C@H]2C(=O)C[C@@H](Cc2cnc[nH]2)C(=O)N[C@@H](CCCCC(=N)N)C(=O)N[C@@H](CO)C(=O)N[C@@H](Cc2c[nH]c3ccccc23)C(=O)N[C@@H](CCCNC(=N)N)C(=O)N[C@@H](Cc2c[nH]c3ccccc23)C(=O)N1C. The molecule has 2 aliphatic rings. The Labute approximate surface area is 806 Å². The quantitative estimate of drug-likeness (QED) is 0.0163. The fraction of sp³-hybridized carbons (Fsp3) is 0.542. The van der Waals surface area contributed by atoms with Crippen LogP contribution in [0.15, 0.2) is 104 Å². The van der Waals surface area contributed by atoms with Crippen molar-refractivity contribution in [3.05, 3.63) is 126 Å². The average Bonchev–Trinajstić information content (AvgIpc) is 1.54. The molecule has 0 radical (unpaired) electrons. The highest BCUT2D eigenvalue weighted by Crippen LogP contribution is 2.29. The van der Waals surface area contributed by atoms with Crippen molar-refractivity contribution in [3.63, 3.8) is 0 Å². The number of hydrogen-bond acceptors (Lipinski definition) is 22. The summed E-state index contributed by atoms with van der Waals surface area (Å²) in [6, 6.07) is 4.71. The molecule has 6 aromatic rings. The normalized spacial score (nSPS) is 23.6. The molecule has 2 aliphatic heterocycles. The van der Waals surface area contributed by atoms with E-state index >= 15 is 47.9 Å². The summed E-state index contributed by atoms with van der Waals surface area (Å²) in [5.41, 5.74) is 26.0. The molecule has 0 aliphatic carbocycles. The van der Waals surface area contributed by atoms with Gasteiger partial charge in [-0.2, -0.15) is 0 Å². The van der Waals surface area contributed by atoms with Crippen molar-refractivity contribution in [1.82, 2.24) is 87.4 Å². The third-order valence-electron chi connectivity index (χ3n) is 25.1. The average molecular weight is 1930 g/mol. The Balaban J connectivity index is 1.22. The number of Topliss-reactive ketones (excluding diaryl/α,β-unsaturated/α-hetero) is 3. The van der Waals surface area contributed by atoms with Crippen LogP contribution in [0.1, 0.15) is 185 Å². The number of H-pyrrole nitrogens is 3. The first kappa shape index (κ1) is 110. The Kier molecular flexibility index (Phi) is 43.4. The molecule has 14 atom stereocenters. The molecule has 41 nitrogen and oxygen atoms in total. The number of para-hydroxylation sites is 2. The topological polar surface area (TPSA) is 644 Å². The van der Waals surface area contributed by atoms with E-state index in [4.69, 9.17) is 33.8 Å². The molecule has 14 amide bonds. The van der Waals surface area contributed by atoms with Crippen LogP contribution in [-0.2, 0) is 107 Å². The van der Waals surface area contributed by atoms with E-state index in [1.807, 2.05) is 33.8 Å². The molecule has 8 rings (SSSR count). The molecule has 23 N–H and O–H groups in total. The number of aromatic nitrogens is 4. The van der Waals surface area contributed by atoms with Crippen LogP contribution < -0.4 is 70.8 Å². The lowest BCUT2D eigenvalue weighted by molar-refractivity contribution is -0.149. The summed E-state index contributed by atoms with van der Waals surface area (Å²) in [6.07, 6.45) is 4.82. The van der Waals surface area contributed by atoms with E-state index in [0.717, 1.165) is 21.6 Å². The summed E-state index contributed by atoms with van der Waals surface area (Å²) in [7, 11) is 4.11. The molecule has 750 valence electrons. The fourth-order valence-corrected chi connectivity index (χ4v) is 18.2. The number of carbonyl (C=O) groups is 17. The molecule has 42 heteroatoms. The number of nitrogens with zero attached hydrogens (tertiary/aromatic N) is 5. The van der Waals surface area contributed by atoms with Crippen LogP contribution in [0.3, 0.4) is 0 Å². The number of hydrogen-bond donors (Lipinski definition) is 19. The van der Waals surface area contributed by atoms with Gasteiger partial charge in [0.15, 0.2) is 23.3 Å². The highest BCUT2D eigenvalue weighted by molar-refractivity contribution is 8.00. The van der Waals surface area contributed by atoms with Crippen molar-refractivity contribution < 1.29 is 86.6 Å². The lowest BCUT2D eigenvalue weighted by atomic mass is 9.88. The van der Waals surface area contributed by atoms with Gasteiger partial charge >= 0.3 is 0 Å². The first-order valence-electron chi connectivity index (χ1n) is 47.2. The summed E-state index contributed by atoms with van der Waals surface area (Å²) in [4.78, 5) is 270. The van der Waals surface area contributed by atoms with Crippen LogP contribution >= 0.6 is 11.8 Å². The minimum absolute atomic E-state index is 0.0124. The van der Waals surface area contributed by atoms with Crippen LogP contribution in [0.25, 0.3) is 21.8 Å². The highest BCUT2D eigenvalue weighted by Gasteiger charge is 2.44. The van der Waals surface area contributed by atoms with Gasteiger partial charge in [0, 0.05) is 150 Å². The molecular weight excluding hydrogens is 1800 g/mol. The predicted octanol–water partition coefficient (Wildman–Crippen LogP) is 1.80. The van der Waals surface area contributed by atoms with Crippen LogP contribution in [0.4, 0.5) is 0 Å². The highest BCUT2D eigenvalue weighted by atomic mass is 32.2. The van der Waals surface area contributed by atoms with Crippen LogP contribution in [-0.4, -0.2) is 281 Å².